The van der Waals surface area contributed by atoms with E-state index in [1.165, 1.54) is 36.5 Å². The van der Waals surface area contributed by atoms with Crippen molar-refractivity contribution in [2.24, 2.45) is 0 Å². The van der Waals surface area contributed by atoms with E-state index in [0.717, 1.165) is 61.0 Å². The predicted molar refractivity (Wildman–Crippen MR) is 236 cm³/mol. The number of nitrogens with zero attached hydrogens (tertiary/aromatic N) is 4. The van der Waals surface area contributed by atoms with Crippen molar-refractivity contribution in [1.29, 1.82) is 0 Å². The second kappa shape index (κ2) is 12.6. The molecular formula is C51H30N4OS. The third-order valence-electron chi connectivity index (χ3n) is 11.0. The van der Waals surface area contributed by atoms with Crippen LogP contribution in [0, 0.1) is 0 Å². The normalized spacial score (nSPS) is 11.9. The number of hydrogen-bond acceptors (Lipinski definition) is 5. The zero-order valence-electron chi connectivity index (χ0n) is 30.4. The lowest BCUT2D eigenvalue weighted by Gasteiger charge is -2.10. The molecule has 0 amide bonds. The van der Waals surface area contributed by atoms with Gasteiger partial charge in [0.25, 0.3) is 0 Å². The molecule has 0 N–H and O–H groups in total. The van der Waals surface area contributed by atoms with E-state index in [1.807, 2.05) is 6.07 Å². The van der Waals surface area contributed by atoms with Crippen LogP contribution in [0.5, 0.6) is 0 Å². The van der Waals surface area contributed by atoms with E-state index >= 15 is 0 Å². The van der Waals surface area contributed by atoms with Crippen molar-refractivity contribution in [3.8, 4) is 51.0 Å². The van der Waals surface area contributed by atoms with Crippen LogP contribution in [-0.2, 0) is 0 Å². The Bertz CT molecular complexity index is 3530. The highest BCUT2D eigenvalue weighted by atomic mass is 32.1. The monoisotopic (exact) mass is 746 g/mol. The summed E-state index contributed by atoms with van der Waals surface area (Å²) in [5.74, 6) is 1.83. The molecule has 0 aliphatic carbocycles. The van der Waals surface area contributed by atoms with Crippen molar-refractivity contribution in [3.05, 3.63) is 182 Å². The number of thiophene rings is 1. The number of rotatable bonds is 5. The first-order chi connectivity index (χ1) is 28.2. The Kier molecular flexibility index (Phi) is 7.03. The molecule has 0 bridgehead atoms. The van der Waals surface area contributed by atoms with Crippen LogP contribution in [0.4, 0.5) is 0 Å². The number of aromatic nitrogens is 4. The molecule has 0 spiro atoms. The van der Waals surface area contributed by atoms with Gasteiger partial charge in [-0.25, -0.2) is 15.0 Å². The Labute approximate surface area is 330 Å². The second-order valence-electron chi connectivity index (χ2n) is 14.4. The predicted octanol–water partition coefficient (Wildman–Crippen LogP) is 13.9. The minimum absolute atomic E-state index is 0.587. The van der Waals surface area contributed by atoms with Crippen LogP contribution in [0.3, 0.4) is 0 Å². The largest absolute Gasteiger partial charge is 0.456 e. The van der Waals surface area contributed by atoms with Gasteiger partial charge in [0.05, 0.1) is 11.0 Å². The third-order valence-corrected chi connectivity index (χ3v) is 12.2. The highest BCUT2D eigenvalue weighted by Crippen LogP contribution is 2.40. The van der Waals surface area contributed by atoms with Crippen molar-refractivity contribution in [1.82, 2.24) is 19.5 Å². The first kappa shape index (κ1) is 31.9. The molecule has 0 fully saturated rings. The molecule has 0 atom stereocenters. The Morgan fingerprint density at radius 1 is 0.351 bits per heavy atom. The Hall–Kier alpha value is -7.41. The van der Waals surface area contributed by atoms with Crippen molar-refractivity contribution >= 4 is 75.3 Å². The van der Waals surface area contributed by atoms with E-state index in [1.54, 1.807) is 11.3 Å². The topological polar surface area (TPSA) is 56.7 Å². The van der Waals surface area contributed by atoms with Crippen LogP contribution in [-0.4, -0.2) is 19.5 Å². The summed E-state index contributed by atoms with van der Waals surface area (Å²) in [7, 11) is 0. The van der Waals surface area contributed by atoms with Gasteiger partial charge >= 0.3 is 0 Å². The molecule has 0 saturated heterocycles. The van der Waals surface area contributed by atoms with Crippen LogP contribution < -0.4 is 0 Å². The lowest BCUT2D eigenvalue weighted by molar-refractivity contribution is 0.669. The number of hydrogen-bond donors (Lipinski definition) is 0. The molecule has 12 rings (SSSR count). The lowest BCUT2D eigenvalue weighted by atomic mass is 10.0. The summed E-state index contributed by atoms with van der Waals surface area (Å²) in [6, 6.07) is 63.8. The van der Waals surface area contributed by atoms with Crippen molar-refractivity contribution in [2.45, 2.75) is 0 Å². The molecule has 0 aliphatic rings. The van der Waals surface area contributed by atoms with E-state index in [9.17, 15) is 0 Å². The molecule has 266 valence electrons. The minimum Gasteiger partial charge on any atom is -0.456 e. The zero-order valence-corrected chi connectivity index (χ0v) is 31.2. The first-order valence-electron chi connectivity index (χ1n) is 19.0. The average molecular weight is 747 g/mol. The smallest absolute Gasteiger partial charge is 0.164 e. The van der Waals surface area contributed by atoms with Crippen molar-refractivity contribution < 1.29 is 4.42 Å². The standard InChI is InChI=1S/C51H30N4OS/c1-3-12-31(13-4-1)32-14-11-15-33(26-32)49-52-50(34-23-25-48-42(27-34)39-19-8-10-21-47(39)57-48)54-51(53-49)35-22-24-38-41-29-40-37-18-7-9-20-43(37)55(36-16-5-2-6-17-36)44(40)30-46(41)56-45(38)28-35/h1-30H. The molecular weight excluding hydrogens is 717 g/mol. The third kappa shape index (κ3) is 5.19. The summed E-state index contributed by atoms with van der Waals surface area (Å²) in [4.78, 5) is 15.5. The maximum absolute atomic E-state index is 6.70. The highest BCUT2D eigenvalue weighted by molar-refractivity contribution is 7.25. The van der Waals surface area contributed by atoms with Crippen LogP contribution >= 0.6 is 11.3 Å². The fourth-order valence-corrected chi connectivity index (χ4v) is 9.42. The summed E-state index contributed by atoms with van der Waals surface area (Å²) in [6.45, 7) is 0. The molecule has 4 aromatic heterocycles. The van der Waals surface area contributed by atoms with E-state index in [2.05, 4.69) is 180 Å². The van der Waals surface area contributed by atoms with E-state index in [-0.39, 0.29) is 0 Å². The average Bonchev–Trinajstić information content (AvgIpc) is 3.94. The molecule has 0 saturated carbocycles. The SMILES string of the molecule is c1ccc(-c2cccc(-c3nc(-c4ccc5c(c4)oc4cc6c(cc45)c4ccccc4n6-c4ccccc4)nc(-c4ccc5sc6ccccc6c5c4)n3)c2)cc1. The van der Waals surface area contributed by atoms with Gasteiger partial charge in [-0.05, 0) is 77.9 Å². The summed E-state index contributed by atoms with van der Waals surface area (Å²) < 4.78 is 11.5. The number of benzene rings is 8. The van der Waals surface area contributed by atoms with Crippen LogP contribution in [0.25, 0.3) is 115 Å². The van der Waals surface area contributed by atoms with E-state index in [0.29, 0.717) is 17.5 Å². The molecule has 8 aromatic carbocycles. The van der Waals surface area contributed by atoms with Gasteiger partial charge < -0.3 is 8.98 Å². The van der Waals surface area contributed by atoms with Gasteiger partial charge in [0.15, 0.2) is 17.5 Å². The molecule has 5 nitrogen and oxygen atoms in total. The Morgan fingerprint density at radius 3 is 1.79 bits per heavy atom. The summed E-state index contributed by atoms with van der Waals surface area (Å²) >= 11 is 1.80. The molecule has 6 heteroatoms. The molecule has 0 unspecified atom stereocenters. The van der Waals surface area contributed by atoms with Crippen LogP contribution in [0.2, 0.25) is 0 Å². The van der Waals surface area contributed by atoms with Crippen molar-refractivity contribution in [2.75, 3.05) is 0 Å². The molecule has 4 heterocycles. The Balaban J connectivity index is 1.04. The Morgan fingerprint density at radius 2 is 0.965 bits per heavy atom. The first-order valence-corrected chi connectivity index (χ1v) is 19.8. The van der Waals surface area contributed by atoms with Gasteiger partial charge in [0, 0.05) is 70.2 Å². The maximum Gasteiger partial charge on any atom is 0.164 e. The summed E-state index contributed by atoms with van der Waals surface area (Å²) in [6.07, 6.45) is 0. The molecule has 0 radical (unpaired) electrons. The number of furan rings is 1. The lowest BCUT2D eigenvalue weighted by Crippen LogP contribution is -2.00. The fraction of sp³-hybridized carbons (Fsp3) is 0. The molecule has 0 aliphatic heterocycles. The van der Waals surface area contributed by atoms with Gasteiger partial charge in [-0.1, -0.05) is 109 Å². The van der Waals surface area contributed by atoms with Crippen LogP contribution in [0.15, 0.2) is 186 Å². The summed E-state index contributed by atoms with van der Waals surface area (Å²) in [5, 5.41) is 6.96. The maximum atomic E-state index is 6.70. The van der Waals surface area contributed by atoms with E-state index in [4.69, 9.17) is 19.4 Å². The molecule has 57 heavy (non-hydrogen) atoms. The van der Waals surface area contributed by atoms with Crippen molar-refractivity contribution in [3.63, 3.8) is 0 Å². The highest BCUT2D eigenvalue weighted by Gasteiger charge is 2.19. The van der Waals surface area contributed by atoms with Gasteiger partial charge in [-0.3, -0.25) is 0 Å². The molecule has 12 aromatic rings. The number of para-hydroxylation sites is 2. The van der Waals surface area contributed by atoms with Gasteiger partial charge in [0.2, 0.25) is 0 Å². The fourth-order valence-electron chi connectivity index (χ4n) is 8.33. The number of fused-ring (bicyclic) bond motifs is 9. The minimum atomic E-state index is 0.587. The van der Waals surface area contributed by atoms with Crippen LogP contribution in [0.1, 0.15) is 0 Å². The summed E-state index contributed by atoms with van der Waals surface area (Å²) in [5.41, 5.74) is 9.97. The second-order valence-corrected chi connectivity index (χ2v) is 15.5. The van der Waals surface area contributed by atoms with Gasteiger partial charge in [0.1, 0.15) is 11.2 Å². The van der Waals surface area contributed by atoms with E-state index < -0.39 is 0 Å². The van der Waals surface area contributed by atoms with Gasteiger partial charge in [-0.2, -0.15) is 0 Å². The van der Waals surface area contributed by atoms with Gasteiger partial charge in [-0.15, -0.1) is 11.3 Å². The quantitative estimate of drug-likeness (QED) is 0.176. The zero-order chi connectivity index (χ0) is 37.5.